The third-order valence-electron chi connectivity index (χ3n) is 5.63. The first-order valence-corrected chi connectivity index (χ1v) is 10.4. The lowest BCUT2D eigenvalue weighted by molar-refractivity contribution is -0.146. The van der Waals surface area contributed by atoms with Crippen LogP contribution in [0.4, 0.5) is 0 Å². The molecule has 0 aliphatic carbocycles. The van der Waals surface area contributed by atoms with Crippen molar-refractivity contribution in [1.82, 2.24) is 19.6 Å². The number of aryl methyl sites for hydroxylation is 2. The van der Waals surface area contributed by atoms with Gasteiger partial charge in [-0.2, -0.15) is 5.10 Å². The Bertz CT molecular complexity index is 892. The van der Waals surface area contributed by atoms with E-state index >= 15 is 0 Å². The SMILES string of the molecule is Cc1cc(C)n(CC(=O)N2C[C@@H](Oc3ccccc3)C[C@H]2C(=O)N2CCOCC2)n1. The highest BCUT2D eigenvalue weighted by atomic mass is 16.5. The fraction of sp³-hybridized carbons (Fsp3) is 0.500. The smallest absolute Gasteiger partial charge is 0.245 e. The summed E-state index contributed by atoms with van der Waals surface area (Å²) >= 11 is 0. The fourth-order valence-electron chi connectivity index (χ4n) is 4.13. The van der Waals surface area contributed by atoms with Gasteiger partial charge < -0.3 is 19.3 Å². The summed E-state index contributed by atoms with van der Waals surface area (Å²) in [6.45, 7) is 6.49. The second-order valence-electron chi connectivity index (χ2n) is 7.87. The molecule has 2 amide bonds. The molecule has 160 valence electrons. The van der Waals surface area contributed by atoms with Crippen LogP contribution in [0, 0.1) is 13.8 Å². The number of likely N-dealkylation sites (tertiary alicyclic amines) is 1. The normalized spacial score (nSPS) is 21.7. The molecule has 3 heterocycles. The summed E-state index contributed by atoms with van der Waals surface area (Å²) in [4.78, 5) is 29.9. The molecule has 1 aromatic heterocycles. The van der Waals surface area contributed by atoms with Crippen molar-refractivity contribution in [2.45, 2.75) is 39.0 Å². The number of carbonyl (C=O) groups is 2. The van der Waals surface area contributed by atoms with E-state index in [2.05, 4.69) is 5.10 Å². The minimum atomic E-state index is -0.527. The molecule has 0 saturated carbocycles. The van der Waals surface area contributed by atoms with E-state index in [-0.39, 0.29) is 24.5 Å². The van der Waals surface area contributed by atoms with Gasteiger partial charge in [-0.1, -0.05) is 18.2 Å². The molecule has 0 bridgehead atoms. The molecule has 0 unspecified atom stereocenters. The van der Waals surface area contributed by atoms with Gasteiger partial charge in [-0.25, -0.2) is 0 Å². The van der Waals surface area contributed by atoms with Crippen LogP contribution in [-0.4, -0.2) is 76.4 Å². The number of nitrogens with zero attached hydrogens (tertiary/aromatic N) is 4. The summed E-state index contributed by atoms with van der Waals surface area (Å²) in [5.74, 6) is 0.596. The first kappa shape index (κ1) is 20.4. The van der Waals surface area contributed by atoms with Crippen LogP contribution in [0.1, 0.15) is 17.8 Å². The summed E-state index contributed by atoms with van der Waals surface area (Å²) in [6, 6.07) is 10.9. The molecule has 8 nitrogen and oxygen atoms in total. The molecule has 2 aliphatic rings. The van der Waals surface area contributed by atoms with Crippen molar-refractivity contribution in [1.29, 1.82) is 0 Å². The van der Waals surface area contributed by atoms with Crippen molar-refractivity contribution in [3.63, 3.8) is 0 Å². The van der Waals surface area contributed by atoms with E-state index in [4.69, 9.17) is 9.47 Å². The van der Waals surface area contributed by atoms with Crippen molar-refractivity contribution in [2.75, 3.05) is 32.8 Å². The monoisotopic (exact) mass is 412 g/mol. The Morgan fingerprint density at radius 3 is 2.57 bits per heavy atom. The van der Waals surface area contributed by atoms with Crippen LogP contribution in [0.5, 0.6) is 5.75 Å². The molecule has 0 N–H and O–H groups in total. The zero-order valence-corrected chi connectivity index (χ0v) is 17.5. The molecule has 0 spiro atoms. The maximum Gasteiger partial charge on any atom is 0.245 e. The topological polar surface area (TPSA) is 76.9 Å². The Hall–Kier alpha value is -2.87. The Balaban J connectivity index is 1.51. The lowest BCUT2D eigenvalue weighted by Crippen LogP contribution is -2.51. The van der Waals surface area contributed by atoms with Gasteiger partial charge in [-0.3, -0.25) is 14.3 Å². The standard InChI is InChI=1S/C22H28N4O4/c1-16-12-17(2)26(23-16)15-21(27)25-14-19(30-18-6-4-3-5-7-18)13-20(25)22(28)24-8-10-29-11-9-24/h3-7,12,19-20H,8-11,13-15H2,1-2H3/t19-,20-/m0/s1. The molecule has 2 atom stereocenters. The van der Waals surface area contributed by atoms with Crippen LogP contribution in [0.15, 0.2) is 36.4 Å². The lowest BCUT2D eigenvalue weighted by Gasteiger charge is -2.32. The van der Waals surface area contributed by atoms with Crippen LogP contribution in [-0.2, 0) is 20.9 Å². The summed E-state index contributed by atoms with van der Waals surface area (Å²) in [7, 11) is 0. The average molecular weight is 412 g/mol. The van der Waals surface area contributed by atoms with Crippen LogP contribution < -0.4 is 4.74 Å². The molecule has 0 radical (unpaired) electrons. The summed E-state index contributed by atoms with van der Waals surface area (Å²) in [5.41, 5.74) is 1.79. The summed E-state index contributed by atoms with van der Waals surface area (Å²) in [6.07, 6.45) is 0.250. The van der Waals surface area contributed by atoms with E-state index in [1.165, 1.54) is 0 Å². The molecule has 2 saturated heterocycles. The van der Waals surface area contributed by atoms with Gasteiger partial charge in [-0.15, -0.1) is 0 Å². The molecule has 2 aliphatic heterocycles. The maximum absolute atomic E-state index is 13.2. The van der Waals surface area contributed by atoms with Crippen LogP contribution in [0.3, 0.4) is 0 Å². The quantitative estimate of drug-likeness (QED) is 0.742. The predicted molar refractivity (Wildman–Crippen MR) is 110 cm³/mol. The van der Waals surface area contributed by atoms with Gasteiger partial charge in [-0.05, 0) is 32.0 Å². The third kappa shape index (κ3) is 4.48. The number of para-hydroxylation sites is 1. The van der Waals surface area contributed by atoms with E-state index in [9.17, 15) is 9.59 Å². The van der Waals surface area contributed by atoms with E-state index < -0.39 is 6.04 Å². The Kier molecular flexibility index (Phi) is 6.03. The minimum absolute atomic E-state index is 0.0285. The third-order valence-corrected chi connectivity index (χ3v) is 5.63. The van der Waals surface area contributed by atoms with Gasteiger partial charge in [0.05, 0.1) is 25.5 Å². The Morgan fingerprint density at radius 2 is 1.90 bits per heavy atom. The summed E-state index contributed by atoms with van der Waals surface area (Å²) in [5, 5.41) is 4.39. The predicted octanol–water partition coefficient (Wildman–Crippen LogP) is 1.41. The Morgan fingerprint density at radius 1 is 1.17 bits per heavy atom. The highest BCUT2D eigenvalue weighted by Gasteiger charge is 2.42. The maximum atomic E-state index is 13.2. The zero-order valence-electron chi connectivity index (χ0n) is 17.5. The number of rotatable bonds is 5. The van der Waals surface area contributed by atoms with Crippen molar-refractivity contribution < 1.29 is 19.1 Å². The van der Waals surface area contributed by atoms with Gasteiger partial charge >= 0.3 is 0 Å². The first-order chi connectivity index (χ1) is 14.5. The summed E-state index contributed by atoms with van der Waals surface area (Å²) < 4.78 is 13.2. The number of ether oxygens (including phenoxy) is 2. The molecule has 2 aromatic rings. The van der Waals surface area contributed by atoms with Gasteiger partial charge in [0, 0.05) is 25.2 Å². The van der Waals surface area contributed by atoms with Gasteiger partial charge in [0.25, 0.3) is 0 Å². The largest absolute Gasteiger partial charge is 0.488 e. The van der Waals surface area contributed by atoms with E-state index in [1.807, 2.05) is 50.2 Å². The first-order valence-electron chi connectivity index (χ1n) is 10.4. The molecule has 30 heavy (non-hydrogen) atoms. The molecular formula is C22H28N4O4. The number of hydrogen-bond donors (Lipinski definition) is 0. The highest BCUT2D eigenvalue weighted by molar-refractivity contribution is 5.88. The van der Waals surface area contributed by atoms with Gasteiger partial charge in [0.1, 0.15) is 24.4 Å². The van der Waals surface area contributed by atoms with Crippen molar-refractivity contribution in [3.8, 4) is 5.75 Å². The molecule has 4 rings (SSSR count). The molecule has 8 heteroatoms. The second-order valence-corrected chi connectivity index (χ2v) is 7.87. The average Bonchev–Trinajstić information content (AvgIpc) is 3.31. The number of morpholine rings is 1. The fourth-order valence-corrected chi connectivity index (χ4v) is 4.13. The zero-order chi connectivity index (χ0) is 21.1. The second kappa shape index (κ2) is 8.87. The van der Waals surface area contributed by atoms with Gasteiger partial charge in [0.2, 0.25) is 11.8 Å². The van der Waals surface area contributed by atoms with E-state index in [1.54, 1.807) is 14.5 Å². The lowest BCUT2D eigenvalue weighted by atomic mass is 10.1. The van der Waals surface area contributed by atoms with Crippen LogP contribution in [0.2, 0.25) is 0 Å². The molecule has 2 fully saturated rings. The van der Waals surface area contributed by atoms with Crippen LogP contribution >= 0.6 is 0 Å². The van der Waals surface area contributed by atoms with Crippen LogP contribution in [0.25, 0.3) is 0 Å². The molecular weight excluding hydrogens is 384 g/mol. The van der Waals surface area contributed by atoms with E-state index in [0.717, 1.165) is 17.1 Å². The van der Waals surface area contributed by atoms with Crippen molar-refractivity contribution >= 4 is 11.8 Å². The number of carbonyl (C=O) groups excluding carboxylic acids is 2. The van der Waals surface area contributed by atoms with E-state index in [0.29, 0.717) is 39.3 Å². The Labute approximate surface area is 176 Å². The number of benzene rings is 1. The number of amides is 2. The minimum Gasteiger partial charge on any atom is -0.488 e. The highest BCUT2D eigenvalue weighted by Crippen LogP contribution is 2.25. The molecule has 1 aromatic carbocycles. The van der Waals surface area contributed by atoms with Gasteiger partial charge in [0.15, 0.2) is 0 Å². The number of aromatic nitrogens is 2. The number of hydrogen-bond acceptors (Lipinski definition) is 5. The van der Waals surface area contributed by atoms with Crippen molar-refractivity contribution in [3.05, 3.63) is 47.8 Å². The van der Waals surface area contributed by atoms with Crippen molar-refractivity contribution in [2.24, 2.45) is 0 Å².